The lowest BCUT2D eigenvalue weighted by molar-refractivity contribution is -0.124. The summed E-state index contributed by atoms with van der Waals surface area (Å²) >= 11 is 12.8. The van der Waals surface area contributed by atoms with E-state index in [1.54, 1.807) is 24.3 Å². The summed E-state index contributed by atoms with van der Waals surface area (Å²) in [5, 5.41) is 3.28. The zero-order valence-corrected chi connectivity index (χ0v) is 17.4. The molecular formula is C19H20Cl2N2O4S. The van der Waals surface area contributed by atoms with Gasteiger partial charge in [0.25, 0.3) is 11.1 Å². The van der Waals surface area contributed by atoms with Crippen molar-refractivity contribution >= 4 is 58.1 Å². The molecule has 0 aromatic heterocycles. The van der Waals surface area contributed by atoms with Crippen LogP contribution in [0.5, 0.6) is 0 Å². The van der Waals surface area contributed by atoms with Crippen molar-refractivity contribution in [1.29, 1.82) is 0 Å². The largest absolute Gasteiger partial charge is 0.378 e. The first-order chi connectivity index (χ1) is 13.4. The highest BCUT2D eigenvalue weighted by Gasteiger charge is 2.34. The fraction of sp³-hybridized carbons (Fsp3) is 0.421. The smallest absolute Gasteiger partial charge is 0.293 e. The van der Waals surface area contributed by atoms with Gasteiger partial charge in [-0.15, -0.1) is 0 Å². The molecule has 1 atom stereocenters. The minimum atomic E-state index is -0.394. The Morgan fingerprint density at radius 2 is 2.18 bits per heavy atom. The number of nitrogens with zero attached hydrogens (tertiary/aromatic N) is 1. The number of benzene rings is 1. The Morgan fingerprint density at radius 3 is 2.89 bits per heavy atom. The second-order valence-electron chi connectivity index (χ2n) is 6.52. The van der Waals surface area contributed by atoms with Crippen molar-refractivity contribution < 1.29 is 19.1 Å². The number of carbonyl (C=O) groups excluding carboxylic acids is 3. The van der Waals surface area contributed by atoms with Gasteiger partial charge in [0.15, 0.2) is 0 Å². The van der Waals surface area contributed by atoms with E-state index in [4.69, 9.17) is 27.9 Å². The Balaban J connectivity index is 1.49. The Labute approximate surface area is 177 Å². The van der Waals surface area contributed by atoms with Crippen molar-refractivity contribution in [2.45, 2.75) is 31.8 Å². The van der Waals surface area contributed by atoms with Gasteiger partial charge in [-0.2, -0.15) is 0 Å². The van der Waals surface area contributed by atoms with Gasteiger partial charge in [-0.3, -0.25) is 19.3 Å². The molecule has 3 amide bonds. The van der Waals surface area contributed by atoms with Crippen molar-refractivity contribution in [2.75, 3.05) is 19.7 Å². The molecule has 6 nitrogen and oxygen atoms in total. The molecule has 3 rings (SSSR count). The summed E-state index contributed by atoms with van der Waals surface area (Å²) in [4.78, 5) is 38.0. The monoisotopic (exact) mass is 442 g/mol. The van der Waals surface area contributed by atoms with Crippen molar-refractivity contribution in [3.63, 3.8) is 0 Å². The van der Waals surface area contributed by atoms with Crippen LogP contribution in [0, 0.1) is 0 Å². The van der Waals surface area contributed by atoms with E-state index in [0.29, 0.717) is 33.4 Å². The van der Waals surface area contributed by atoms with Gasteiger partial charge in [-0.1, -0.05) is 29.3 Å². The quantitative estimate of drug-likeness (QED) is 0.643. The Morgan fingerprint density at radius 1 is 1.36 bits per heavy atom. The molecule has 0 bridgehead atoms. The van der Waals surface area contributed by atoms with Crippen LogP contribution in [0.15, 0.2) is 23.1 Å². The molecule has 1 unspecified atom stereocenters. The average Bonchev–Trinajstić information content (AvgIpc) is 3.26. The molecule has 1 aromatic rings. The van der Waals surface area contributed by atoms with Crippen LogP contribution in [0.1, 0.15) is 31.2 Å². The summed E-state index contributed by atoms with van der Waals surface area (Å²) in [7, 11) is 0. The molecule has 2 fully saturated rings. The fourth-order valence-corrected chi connectivity index (χ4v) is 4.33. The average molecular weight is 443 g/mol. The molecule has 2 aliphatic heterocycles. The third-order valence-electron chi connectivity index (χ3n) is 4.50. The van der Waals surface area contributed by atoms with Crippen molar-refractivity contribution in [2.24, 2.45) is 0 Å². The number of hydrogen-bond donors (Lipinski definition) is 1. The van der Waals surface area contributed by atoms with Crippen molar-refractivity contribution in [1.82, 2.24) is 10.2 Å². The van der Waals surface area contributed by atoms with Gasteiger partial charge in [0.1, 0.15) is 0 Å². The van der Waals surface area contributed by atoms with Crippen molar-refractivity contribution in [3.05, 3.63) is 38.7 Å². The third-order valence-corrected chi connectivity index (χ3v) is 5.97. The lowest BCUT2D eigenvalue weighted by atomic mass is 10.1. The number of nitrogens with one attached hydrogen (secondary N) is 1. The van der Waals surface area contributed by atoms with Crippen LogP contribution in [0.4, 0.5) is 4.79 Å². The number of imide groups is 1. The summed E-state index contributed by atoms with van der Waals surface area (Å²) < 4.78 is 5.49. The van der Waals surface area contributed by atoms with E-state index in [0.717, 1.165) is 36.1 Å². The zero-order valence-electron chi connectivity index (χ0n) is 15.1. The number of ether oxygens (including phenoxy) is 1. The van der Waals surface area contributed by atoms with E-state index in [-0.39, 0.29) is 30.3 Å². The van der Waals surface area contributed by atoms with Crippen LogP contribution >= 0.6 is 35.0 Å². The summed E-state index contributed by atoms with van der Waals surface area (Å²) in [5.41, 5.74) is 0.610. The molecule has 0 saturated carbocycles. The van der Waals surface area contributed by atoms with Crippen molar-refractivity contribution in [3.8, 4) is 0 Å². The summed E-state index contributed by atoms with van der Waals surface area (Å²) in [6.45, 7) is 1.11. The fourth-order valence-electron chi connectivity index (χ4n) is 3.01. The maximum Gasteiger partial charge on any atom is 0.293 e. The number of amides is 3. The molecule has 28 heavy (non-hydrogen) atoms. The van der Waals surface area contributed by atoms with E-state index in [1.165, 1.54) is 0 Å². The first-order valence-electron chi connectivity index (χ1n) is 9.03. The number of thioether (sulfide) groups is 1. The molecule has 0 radical (unpaired) electrons. The molecule has 150 valence electrons. The van der Waals surface area contributed by atoms with Gasteiger partial charge in [-0.05, 0) is 54.8 Å². The minimum absolute atomic E-state index is 0.106. The van der Waals surface area contributed by atoms with Crippen LogP contribution in [-0.4, -0.2) is 47.8 Å². The lowest BCUT2D eigenvalue weighted by Gasteiger charge is -2.13. The molecule has 0 spiro atoms. The van der Waals surface area contributed by atoms with Gasteiger partial charge in [0.2, 0.25) is 5.91 Å². The van der Waals surface area contributed by atoms with Gasteiger partial charge in [0, 0.05) is 36.2 Å². The minimum Gasteiger partial charge on any atom is -0.378 e. The predicted octanol–water partition coefficient (Wildman–Crippen LogP) is 4.11. The molecule has 2 aliphatic rings. The van der Waals surface area contributed by atoms with Crippen LogP contribution in [0.25, 0.3) is 6.08 Å². The molecule has 2 heterocycles. The number of halogens is 2. The van der Waals surface area contributed by atoms with Crippen LogP contribution in [-0.2, 0) is 14.3 Å². The molecule has 1 aromatic carbocycles. The highest BCUT2D eigenvalue weighted by molar-refractivity contribution is 8.18. The first-order valence-corrected chi connectivity index (χ1v) is 10.6. The van der Waals surface area contributed by atoms with Gasteiger partial charge >= 0.3 is 0 Å². The van der Waals surface area contributed by atoms with Crippen LogP contribution in [0.3, 0.4) is 0 Å². The summed E-state index contributed by atoms with van der Waals surface area (Å²) in [6, 6.07) is 4.92. The summed E-state index contributed by atoms with van der Waals surface area (Å²) in [5.74, 6) is -0.499. The molecule has 0 aliphatic carbocycles. The summed E-state index contributed by atoms with van der Waals surface area (Å²) in [6.07, 6.45) is 4.84. The van der Waals surface area contributed by atoms with E-state index < -0.39 is 5.91 Å². The first kappa shape index (κ1) is 21.2. The maximum atomic E-state index is 12.5. The third kappa shape index (κ3) is 5.50. The van der Waals surface area contributed by atoms with Crippen LogP contribution < -0.4 is 5.32 Å². The Kier molecular flexibility index (Phi) is 7.40. The number of carbonyl (C=O) groups is 3. The highest BCUT2D eigenvalue weighted by Crippen LogP contribution is 2.33. The molecular weight excluding hydrogens is 423 g/mol. The number of hydrogen-bond acceptors (Lipinski definition) is 5. The SMILES string of the molecule is O=C(CCC1CCCO1)NCCN1C(=O)S/C(=C\c2ccc(Cl)cc2Cl)C1=O. The van der Waals surface area contributed by atoms with Gasteiger partial charge in [0.05, 0.1) is 11.0 Å². The Hall–Kier alpha value is -1.54. The normalized spacial score (nSPS) is 21.0. The van der Waals surface area contributed by atoms with Gasteiger partial charge < -0.3 is 10.1 Å². The topological polar surface area (TPSA) is 75.7 Å². The zero-order chi connectivity index (χ0) is 20.1. The van der Waals surface area contributed by atoms with E-state index in [2.05, 4.69) is 5.32 Å². The lowest BCUT2D eigenvalue weighted by Crippen LogP contribution is -2.37. The van der Waals surface area contributed by atoms with E-state index in [9.17, 15) is 14.4 Å². The molecule has 1 N–H and O–H groups in total. The predicted molar refractivity (Wildman–Crippen MR) is 110 cm³/mol. The molecule has 9 heteroatoms. The van der Waals surface area contributed by atoms with E-state index in [1.807, 2.05) is 0 Å². The highest BCUT2D eigenvalue weighted by atomic mass is 35.5. The standard InChI is InChI=1S/C19H20Cl2N2O4S/c20-13-4-3-12(15(21)11-13)10-16-18(25)23(19(26)28-16)8-7-22-17(24)6-5-14-2-1-9-27-14/h3-4,10-11,14H,1-2,5-9H2,(H,22,24)/b16-10-. The Bertz CT molecular complexity index is 809. The second-order valence-corrected chi connectivity index (χ2v) is 8.36. The van der Waals surface area contributed by atoms with Gasteiger partial charge in [-0.25, -0.2) is 0 Å². The van der Waals surface area contributed by atoms with Crippen LogP contribution in [0.2, 0.25) is 10.0 Å². The van der Waals surface area contributed by atoms with E-state index >= 15 is 0 Å². The molecule has 2 saturated heterocycles. The second kappa shape index (κ2) is 9.78. The number of rotatable bonds is 7. The maximum absolute atomic E-state index is 12.5.